The lowest BCUT2D eigenvalue weighted by Crippen LogP contribution is -2.46. The van der Waals surface area contributed by atoms with Crippen molar-refractivity contribution in [1.82, 2.24) is 10.2 Å². The largest absolute Gasteiger partial charge is 0.353 e. The van der Waals surface area contributed by atoms with E-state index in [1.807, 2.05) is 30.3 Å². The summed E-state index contributed by atoms with van der Waals surface area (Å²) in [5, 5.41) is 6.08. The molecule has 2 amide bonds. The predicted octanol–water partition coefficient (Wildman–Crippen LogP) is 2.56. The van der Waals surface area contributed by atoms with Crippen molar-refractivity contribution >= 4 is 17.5 Å². The molecule has 1 atom stereocenters. The molecule has 2 N–H and O–H groups in total. The van der Waals surface area contributed by atoms with Gasteiger partial charge < -0.3 is 10.6 Å². The van der Waals surface area contributed by atoms with Gasteiger partial charge in [-0.3, -0.25) is 14.5 Å². The molecular weight excluding hydrogens is 314 g/mol. The molecule has 134 valence electrons. The summed E-state index contributed by atoms with van der Waals surface area (Å²) in [7, 11) is 0. The van der Waals surface area contributed by atoms with Crippen molar-refractivity contribution in [2.45, 2.75) is 38.1 Å². The minimum absolute atomic E-state index is 0.0155. The number of benzene rings is 1. The lowest BCUT2D eigenvalue weighted by atomic mass is 10.0. The zero-order valence-corrected chi connectivity index (χ0v) is 14.6. The monoisotopic (exact) mass is 341 g/mol. The van der Waals surface area contributed by atoms with Gasteiger partial charge in [-0.05, 0) is 43.7 Å². The van der Waals surface area contributed by atoms with Gasteiger partial charge in [0.25, 0.3) is 0 Å². The summed E-state index contributed by atoms with van der Waals surface area (Å²) < 4.78 is 0. The Hall–Kier alpha value is -2.14. The molecule has 1 heterocycles. The predicted molar refractivity (Wildman–Crippen MR) is 99.2 cm³/mol. The van der Waals surface area contributed by atoms with Crippen LogP contribution in [0.3, 0.4) is 0 Å². The Kier molecular flexibility index (Phi) is 6.23. The summed E-state index contributed by atoms with van der Waals surface area (Å²) in [4.78, 5) is 26.4. The summed E-state index contributed by atoms with van der Waals surface area (Å²) in [5.41, 5.74) is 0.829. The fourth-order valence-electron chi connectivity index (χ4n) is 3.55. The van der Waals surface area contributed by atoms with Crippen molar-refractivity contribution in [1.29, 1.82) is 0 Å². The number of amides is 2. The number of allylic oxidation sites excluding steroid dienone is 2. The van der Waals surface area contributed by atoms with Gasteiger partial charge >= 0.3 is 0 Å². The van der Waals surface area contributed by atoms with Gasteiger partial charge in [-0.25, -0.2) is 0 Å². The van der Waals surface area contributed by atoms with Gasteiger partial charge in [-0.1, -0.05) is 30.4 Å². The first-order valence-corrected chi connectivity index (χ1v) is 9.22. The van der Waals surface area contributed by atoms with E-state index in [-0.39, 0.29) is 17.9 Å². The molecule has 25 heavy (non-hydrogen) atoms. The Labute approximate surface area is 149 Å². The number of nitrogens with zero attached hydrogens (tertiary/aromatic N) is 1. The van der Waals surface area contributed by atoms with Crippen LogP contribution in [0.1, 0.15) is 32.1 Å². The number of piperidine rings is 1. The van der Waals surface area contributed by atoms with E-state index < -0.39 is 0 Å². The van der Waals surface area contributed by atoms with Crippen LogP contribution in [0.15, 0.2) is 42.5 Å². The van der Waals surface area contributed by atoms with Gasteiger partial charge in [-0.2, -0.15) is 0 Å². The first-order valence-electron chi connectivity index (χ1n) is 9.22. The lowest BCUT2D eigenvalue weighted by Gasteiger charge is -2.32. The maximum absolute atomic E-state index is 12.1. The highest BCUT2D eigenvalue weighted by atomic mass is 16.2. The van der Waals surface area contributed by atoms with Crippen LogP contribution in [0, 0.1) is 5.92 Å². The summed E-state index contributed by atoms with van der Waals surface area (Å²) in [6.45, 7) is 2.09. The van der Waals surface area contributed by atoms with E-state index in [2.05, 4.69) is 27.7 Å². The third kappa shape index (κ3) is 5.71. The maximum atomic E-state index is 12.1. The molecule has 5 nitrogen and oxygen atoms in total. The Balaban J connectivity index is 1.34. The zero-order valence-electron chi connectivity index (χ0n) is 14.6. The van der Waals surface area contributed by atoms with Crippen LogP contribution >= 0.6 is 0 Å². The zero-order chi connectivity index (χ0) is 17.5. The second kappa shape index (κ2) is 8.81. The Morgan fingerprint density at radius 1 is 1.04 bits per heavy atom. The van der Waals surface area contributed by atoms with Crippen molar-refractivity contribution in [3.05, 3.63) is 42.5 Å². The maximum Gasteiger partial charge on any atom is 0.238 e. The third-order valence-corrected chi connectivity index (χ3v) is 4.94. The first kappa shape index (κ1) is 17.7. The number of hydrogen-bond acceptors (Lipinski definition) is 3. The number of rotatable bonds is 6. The molecule has 1 aromatic carbocycles. The molecule has 1 saturated heterocycles. The lowest BCUT2D eigenvalue weighted by molar-refractivity contribution is -0.123. The quantitative estimate of drug-likeness (QED) is 0.782. The molecule has 1 aromatic rings. The fraction of sp³-hybridized carbons (Fsp3) is 0.500. The number of carbonyl (C=O) groups is 2. The Morgan fingerprint density at radius 3 is 2.48 bits per heavy atom. The number of likely N-dealkylation sites (tertiary alicyclic amines) is 1. The topological polar surface area (TPSA) is 61.4 Å². The van der Waals surface area contributed by atoms with Crippen LogP contribution in [0.2, 0.25) is 0 Å². The second-order valence-electron chi connectivity index (χ2n) is 7.00. The van der Waals surface area contributed by atoms with E-state index in [0.717, 1.165) is 44.5 Å². The van der Waals surface area contributed by atoms with E-state index in [9.17, 15) is 9.59 Å². The molecule has 2 aliphatic rings. The molecular formula is C20H27N3O2. The van der Waals surface area contributed by atoms with Crippen LogP contribution < -0.4 is 10.6 Å². The average Bonchev–Trinajstić information content (AvgIpc) is 3.10. The van der Waals surface area contributed by atoms with E-state index >= 15 is 0 Å². The van der Waals surface area contributed by atoms with Crippen molar-refractivity contribution < 1.29 is 9.59 Å². The first-order chi connectivity index (χ1) is 12.2. The third-order valence-electron chi connectivity index (χ3n) is 4.94. The van der Waals surface area contributed by atoms with E-state index in [0.29, 0.717) is 18.9 Å². The molecule has 0 aromatic heterocycles. The molecule has 0 bridgehead atoms. The van der Waals surface area contributed by atoms with Gasteiger partial charge in [0.05, 0.1) is 6.54 Å². The molecule has 1 aliphatic carbocycles. The van der Waals surface area contributed by atoms with Crippen molar-refractivity contribution in [3.63, 3.8) is 0 Å². The van der Waals surface area contributed by atoms with Crippen molar-refractivity contribution in [2.75, 3.05) is 25.0 Å². The summed E-state index contributed by atoms with van der Waals surface area (Å²) >= 11 is 0. The van der Waals surface area contributed by atoms with Gasteiger partial charge in [0.2, 0.25) is 11.8 Å². The summed E-state index contributed by atoms with van der Waals surface area (Å²) in [6.07, 6.45) is 8.94. The number of anilines is 1. The van der Waals surface area contributed by atoms with Crippen molar-refractivity contribution in [2.24, 2.45) is 5.92 Å². The molecule has 0 saturated carbocycles. The average molecular weight is 341 g/mol. The molecule has 3 rings (SSSR count). The Morgan fingerprint density at radius 2 is 1.80 bits per heavy atom. The molecule has 5 heteroatoms. The smallest absolute Gasteiger partial charge is 0.238 e. The molecule has 0 spiro atoms. The number of hydrogen-bond donors (Lipinski definition) is 2. The minimum atomic E-state index is 0.0155. The summed E-state index contributed by atoms with van der Waals surface area (Å²) in [5.74, 6) is 0.597. The van der Waals surface area contributed by atoms with E-state index in [1.54, 1.807) is 0 Å². The number of nitrogens with one attached hydrogen (secondary N) is 2. The molecule has 0 unspecified atom stereocenters. The fourth-order valence-corrected chi connectivity index (χ4v) is 3.55. The normalized spacial score (nSPS) is 21.2. The Bertz CT molecular complexity index is 607. The SMILES string of the molecule is O=C(CN1CCC(NC(=O)C[C@H]2C=CCC2)CC1)Nc1ccccc1. The van der Waals surface area contributed by atoms with Crippen LogP contribution in [0.5, 0.6) is 0 Å². The second-order valence-corrected chi connectivity index (χ2v) is 7.00. The van der Waals surface area contributed by atoms with E-state index in [1.165, 1.54) is 0 Å². The van der Waals surface area contributed by atoms with Crippen LogP contribution in [-0.2, 0) is 9.59 Å². The van der Waals surface area contributed by atoms with Crippen molar-refractivity contribution in [3.8, 4) is 0 Å². The molecule has 0 radical (unpaired) electrons. The van der Waals surface area contributed by atoms with Crippen LogP contribution in [0.25, 0.3) is 0 Å². The van der Waals surface area contributed by atoms with Gasteiger partial charge in [0.15, 0.2) is 0 Å². The standard InChI is InChI=1S/C20H27N3O2/c24-19(14-16-6-4-5-7-16)21-18-10-12-23(13-11-18)15-20(25)22-17-8-2-1-3-9-17/h1-4,6,8-9,16,18H,5,7,10-15H2,(H,21,24)(H,22,25)/t16-/m0/s1. The van der Waals surface area contributed by atoms with Gasteiger partial charge in [-0.15, -0.1) is 0 Å². The van der Waals surface area contributed by atoms with Gasteiger partial charge in [0, 0.05) is 31.2 Å². The van der Waals surface area contributed by atoms with Crippen LogP contribution in [0.4, 0.5) is 5.69 Å². The van der Waals surface area contributed by atoms with Gasteiger partial charge in [0.1, 0.15) is 0 Å². The molecule has 1 fully saturated rings. The minimum Gasteiger partial charge on any atom is -0.353 e. The van der Waals surface area contributed by atoms with Crippen LogP contribution in [-0.4, -0.2) is 42.4 Å². The number of carbonyl (C=O) groups excluding carboxylic acids is 2. The molecule has 1 aliphatic heterocycles. The number of para-hydroxylation sites is 1. The summed E-state index contributed by atoms with van der Waals surface area (Å²) in [6, 6.07) is 9.76. The highest BCUT2D eigenvalue weighted by Gasteiger charge is 2.23. The van der Waals surface area contributed by atoms with E-state index in [4.69, 9.17) is 0 Å². The highest BCUT2D eigenvalue weighted by Crippen LogP contribution is 2.20. The highest BCUT2D eigenvalue weighted by molar-refractivity contribution is 5.92.